The average molecular weight is 265 g/mol. The van der Waals surface area contributed by atoms with Crippen LogP contribution in [0.3, 0.4) is 0 Å². The predicted octanol–water partition coefficient (Wildman–Crippen LogP) is 2.77. The fraction of sp³-hybridized carbons (Fsp3) is 0.600. The van der Waals surface area contributed by atoms with Gasteiger partial charge in [-0.2, -0.15) is 0 Å². The van der Waals surface area contributed by atoms with Gasteiger partial charge >= 0.3 is 0 Å². The van der Waals surface area contributed by atoms with Gasteiger partial charge in [0, 0.05) is 9.75 Å². The van der Waals surface area contributed by atoms with Crippen molar-refractivity contribution in [3.8, 4) is 0 Å². The molecule has 0 spiro atoms. The second-order valence-corrected chi connectivity index (χ2v) is 8.03. The van der Waals surface area contributed by atoms with Gasteiger partial charge in [-0.1, -0.05) is 0 Å². The quantitative estimate of drug-likeness (QED) is 0.770. The molecule has 0 bridgehead atoms. The molecule has 1 aromatic rings. The molecule has 0 aromatic carbocycles. The van der Waals surface area contributed by atoms with Crippen molar-refractivity contribution in [2.45, 2.75) is 18.7 Å². The zero-order valence-electron chi connectivity index (χ0n) is 8.44. The number of sulfone groups is 1. The van der Waals surface area contributed by atoms with E-state index < -0.39 is 9.84 Å². The van der Waals surface area contributed by atoms with Gasteiger partial charge in [0.1, 0.15) is 0 Å². The Balaban J connectivity index is 2.13. The second kappa shape index (κ2) is 4.07. The van der Waals surface area contributed by atoms with E-state index in [4.69, 9.17) is 11.6 Å². The number of thiophene rings is 1. The normalized spacial score (nSPS) is 26.7. The first-order valence-electron chi connectivity index (χ1n) is 4.89. The van der Waals surface area contributed by atoms with E-state index in [0.717, 1.165) is 4.88 Å². The van der Waals surface area contributed by atoms with Crippen LogP contribution in [-0.4, -0.2) is 19.9 Å². The molecular weight excluding hydrogens is 252 g/mol. The van der Waals surface area contributed by atoms with Crippen LogP contribution in [0, 0.1) is 12.8 Å². The minimum Gasteiger partial charge on any atom is -0.229 e. The largest absolute Gasteiger partial charge is 0.229 e. The summed E-state index contributed by atoms with van der Waals surface area (Å²) in [6.45, 7) is 2.03. The summed E-state index contributed by atoms with van der Waals surface area (Å²) >= 11 is 7.96. The fourth-order valence-electron chi connectivity index (χ4n) is 1.89. The molecule has 2 heterocycles. The van der Waals surface area contributed by atoms with Gasteiger partial charge in [-0.3, -0.25) is 0 Å². The van der Waals surface area contributed by atoms with E-state index in [1.54, 1.807) is 11.3 Å². The topological polar surface area (TPSA) is 34.1 Å². The number of alkyl halides is 1. The van der Waals surface area contributed by atoms with E-state index in [1.165, 1.54) is 4.88 Å². The van der Waals surface area contributed by atoms with Crippen molar-refractivity contribution < 1.29 is 8.42 Å². The zero-order valence-corrected chi connectivity index (χ0v) is 10.8. The van der Waals surface area contributed by atoms with Gasteiger partial charge in [-0.25, -0.2) is 8.42 Å². The van der Waals surface area contributed by atoms with Crippen molar-refractivity contribution in [1.82, 2.24) is 0 Å². The standard InChI is InChI=1S/C10H13ClO2S2/c1-7-2-3-9(14-7)10(11)8-4-5-15(12,13)6-8/h2-3,8,10H,4-6H2,1H3. The second-order valence-electron chi connectivity index (χ2n) is 4.01. The highest BCUT2D eigenvalue weighted by Crippen LogP contribution is 2.39. The van der Waals surface area contributed by atoms with Crippen molar-refractivity contribution >= 4 is 32.8 Å². The first-order chi connectivity index (χ1) is 6.98. The number of aryl methyl sites for hydroxylation is 1. The van der Waals surface area contributed by atoms with Crippen molar-refractivity contribution in [2.75, 3.05) is 11.5 Å². The Bertz CT molecular complexity index is 450. The van der Waals surface area contributed by atoms with Crippen molar-refractivity contribution in [2.24, 2.45) is 5.92 Å². The van der Waals surface area contributed by atoms with E-state index in [1.807, 2.05) is 19.1 Å². The van der Waals surface area contributed by atoms with Gasteiger partial charge in [-0.15, -0.1) is 22.9 Å². The van der Waals surface area contributed by atoms with Crippen LogP contribution >= 0.6 is 22.9 Å². The summed E-state index contributed by atoms with van der Waals surface area (Å²) < 4.78 is 22.7. The molecule has 84 valence electrons. The number of halogens is 1. The molecule has 2 unspecified atom stereocenters. The lowest BCUT2D eigenvalue weighted by molar-refractivity contribution is 0.573. The molecule has 0 saturated carbocycles. The van der Waals surface area contributed by atoms with Crippen molar-refractivity contribution in [3.63, 3.8) is 0 Å². The molecule has 0 aliphatic carbocycles. The van der Waals surface area contributed by atoms with Crippen LogP contribution < -0.4 is 0 Å². The van der Waals surface area contributed by atoms with E-state index in [0.29, 0.717) is 12.2 Å². The number of hydrogen-bond donors (Lipinski definition) is 0. The molecule has 1 aliphatic heterocycles. The molecule has 2 nitrogen and oxygen atoms in total. The Morgan fingerprint density at radius 2 is 2.27 bits per heavy atom. The maximum absolute atomic E-state index is 11.3. The van der Waals surface area contributed by atoms with Crippen LogP contribution in [0.4, 0.5) is 0 Å². The molecule has 2 rings (SSSR count). The fourth-order valence-corrected chi connectivity index (χ4v) is 5.20. The summed E-state index contributed by atoms with van der Waals surface area (Å²) in [5.74, 6) is 0.637. The average Bonchev–Trinajstić information content (AvgIpc) is 2.71. The molecule has 2 atom stereocenters. The van der Waals surface area contributed by atoms with Gasteiger partial charge in [0.15, 0.2) is 9.84 Å². The van der Waals surface area contributed by atoms with Crippen LogP contribution in [0.15, 0.2) is 12.1 Å². The Labute approximate surface area is 99.2 Å². The molecule has 5 heteroatoms. The van der Waals surface area contributed by atoms with E-state index in [-0.39, 0.29) is 17.0 Å². The van der Waals surface area contributed by atoms with Crippen molar-refractivity contribution in [1.29, 1.82) is 0 Å². The third-order valence-corrected chi connectivity index (χ3v) is 6.31. The third-order valence-electron chi connectivity index (χ3n) is 2.71. The third kappa shape index (κ3) is 2.55. The van der Waals surface area contributed by atoms with Gasteiger partial charge in [-0.05, 0) is 31.4 Å². The van der Waals surface area contributed by atoms with Crippen LogP contribution in [0.1, 0.15) is 21.6 Å². The minimum atomic E-state index is -2.82. The van der Waals surface area contributed by atoms with Gasteiger partial charge in [0.05, 0.1) is 16.9 Å². The SMILES string of the molecule is Cc1ccc(C(Cl)C2CCS(=O)(=O)C2)s1. The smallest absolute Gasteiger partial charge is 0.150 e. The van der Waals surface area contributed by atoms with Crippen molar-refractivity contribution in [3.05, 3.63) is 21.9 Å². The molecule has 1 saturated heterocycles. The lowest BCUT2D eigenvalue weighted by Crippen LogP contribution is -2.09. The lowest BCUT2D eigenvalue weighted by atomic mass is 10.0. The summed E-state index contributed by atoms with van der Waals surface area (Å²) in [5.41, 5.74) is 0. The Morgan fingerprint density at radius 1 is 1.53 bits per heavy atom. The first-order valence-corrected chi connectivity index (χ1v) is 7.96. The van der Waals surface area contributed by atoms with Crippen LogP contribution in [0.2, 0.25) is 0 Å². The maximum atomic E-state index is 11.3. The molecule has 1 fully saturated rings. The van der Waals surface area contributed by atoms with Crippen LogP contribution in [-0.2, 0) is 9.84 Å². The maximum Gasteiger partial charge on any atom is 0.150 e. The Morgan fingerprint density at radius 3 is 2.73 bits per heavy atom. The molecule has 0 N–H and O–H groups in total. The highest BCUT2D eigenvalue weighted by atomic mass is 35.5. The van der Waals surface area contributed by atoms with Gasteiger partial charge in [0.25, 0.3) is 0 Å². The lowest BCUT2D eigenvalue weighted by Gasteiger charge is -2.13. The summed E-state index contributed by atoms with van der Waals surface area (Å²) in [4.78, 5) is 2.31. The van der Waals surface area contributed by atoms with Crippen LogP contribution in [0.25, 0.3) is 0 Å². The highest BCUT2D eigenvalue weighted by Gasteiger charge is 2.33. The Kier molecular flexibility index (Phi) is 3.10. The molecule has 15 heavy (non-hydrogen) atoms. The number of rotatable bonds is 2. The minimum absolute atomic E-state index is 0.0923. The highest BCUT2D eigenvalue weighted by molar-refractivity contribution is 7.91. The molecule has 1 aromatic heterocycles. The molecule has 0 amide bonds. The van der Waals surface area contributed by atoms with E-state index in [9.17, 15) is 8.42 Å². The molecular formula is C10H13ClO2S2. The van der Waals surface area contributed by atoms with E-state index in [2.05, 4.69) is 0 Å². The summed E-state index contributed by atoms with van der Waals surface area (Å²) in [6, 6.07) is 4.03. The zero-order chi connectivity index (χ0) is 11.1. The summed E-state index contributed by atoms with van der Waals surface area (Å²) in [6.07, 6.45) is 0.702. The molecule has 0 radical (unpaired) electrons. The molecule has 1 aliphatic rings. The first kappa shape index (κ1) is 11.4. The van der Waals surface area contributed by atoms with E-state index >= 15 is 0 Å². The Hall–Kier alpha value is -0.0600. The van der Waals surface area contributed by atoms with Gasteiger partial charge in [0.2, 0.25) is 0 Å². The summed E-state index contributed by atoms with van der Waals surface area (Å²) in [7, 11) is -2.82. The van der Waals surface area contributed by atoms with Gasteiger partial charge < -0.3 is 0 Å². The van der Waals surface area contributed by atoms with Crippen LogP contribution in [0.5, 0.6) is 0 Å². The summed E-state index contributed by atoms with van der Waals surface area (Å²) in [5, 5.41) is -0.138. The monoisotopic (exact) mass is 264 g/mol. The number of hydrogen-bond acceptors (Lipinski definition) is 3. The predicted molar refractivity (Wildman–Crippen MR) is 64.4 cm³/mol.